The van der Waals surface area contributed by atoms with E-state index in [1.807, 2.05) is 0 Å². The lowest BCUT2D eigenvalue weighted by molar-refractivity contribution is -0.336. The Hall–Kier alpha value is -0.320. The average molecular weight is 545 g/mol. The molecule has 3 aliphatic rings. The molecule has 3 heterocycles. The smallest absolute Gasteiger partial charge is 0.187 e. The molecule has 0 radical (unpaired) electrons. The molecular formula is C30H56O8. The Morgan fingerprint density at radius 2 is 1.21 bits per heavy atom. The summed E-state index contributed by atoms with van der Waals surface area (Å²) >= 11 is 0. The second-order valence-electron chi connectivity index (χ2n) is 11.2. The third kappa shape index (κ3) is 9.37. The van der Waals surface area contributed by atoms with Crippen molar-refractivity contribution in [1.29, 1.82) is 0 Å². The quantitative estimate of drug-likeness (QED) is 0.160. The van der Waals surface area contributed by atoms with Gasteiger partial charge in [-0.3, -0.25) is 0 Å². The van der Waals surface area contributed by atoms with E-state index in [1.165, 1.54) is 0 Å². The number of unbranched alkanes of at least 4 members (excludes halogenated alkanes) is 4. The topological polar surface area (TPSA) is 77.1 Å². The molecule has 8 heteroatoms. The number of epoxide rings is 1. The highest BCUT2D eigenvalue weighted by molar-refractivity contribution is 5.01. The summed E-state index contributed by atoms with van der Waals surface area (Å²) in [5, 5.41) is 0. The van der Waals surface area contributed by atoms with E-state index in [2.05, 4.69) is 41.5 Å². The lowest BCUT2D eigenvalue weighted by Crippen LogP contribution is -2.63. The summed E-state index contributed by atoms with van der Waals surface area (Å²) in [6, 6.07) is 0. The van der Waals surface area contributed by atoms with Gasteiger partial charge in [0, 0.05) is 32.3 Å². The molecule has 8 nitrogen and oxygen atoms in total. The van der Waals surface area contributed by atoms with E-state index in [1.54, 1.807) is 0 Å². The van der Waals surface area contributed by atoms with Crippen LogP contribution in [0.5, 0.6) is 0 Å². The van der Waals surface area contributed by atoms with Crippen LogP contribution in [-0.2, 0) is 37.9 Å². The lowest BCUT2D eigenvalue weighted by Gasteiger charge is -2.47. The molecule has 0 aromatic rings. The highest BCUT2D eigenvalue weighted by Crippen LogP contribution is 2.40. The Morgan fingerprint density at radius 1 is 0.632 bits per heavy atom. The van der Waals surface area contributed by atoms with Crippen molar-refractivity contribution in [3.63, 3.8) is 0 Å². The Kier molecular flexibility index (Phi) is 14.8. The van der Waals surface area contributed by atoms with E-state index in [0.29, 0.717) is 39.6 Å². The van der Waals surface area contributed by atoms with Gasteiger partial charge in [-0.15, -0.1) is 0 Å². The maximum atomic E-state index is 6.80. The lowest BCUT2D eigenvalue weighted by atomic mass is 9.96. The maximum Gasteiger partial charge on any atom is 0.187 e. The van der Waals surface area contributed by atoms with Crippen LogP contribution in [-0.4, -0.2) is 94.8 Å². The van der Waals surface area contributed by atoms with Gasteiger partial charge in [-0.25, -0.2) is 0 Å². The minimum Gasteiger partial charge on any atom is -0.379 e. The molecule has 0 N–H and O–H groups in total. The second-order valence-corrected chi connectivity index (χ2v) is 11.2. The van der Waals surface area contributed by atoms with E-state index in [0.717, 1.165) is 51.4 Å². The minimum atomic E-state index is -0.602. The van der Waals surface area contributed by atoms with Crippen molar-refractivity contribution in [3.8, 4) is 0 Å². The van der Waals surface area contributed by atoms with Crippen molar-refractivity contribution < 1.29 is 37.9 Å². The van der Waals surface area contributed by atoms with Crippen molar-refractivity contribution in [2.24, 2.45) is 5.92 Å². The molecule has 4 unspecified atom stereocenters. The van der Waals surface area contributed by atoms with Gasteiger partial charge >= 0.3 is 0 Å². The van der Waals surface area contributed by atoms with Gasteiger partial charge in [-0.1, -0.05) is 60.3 Å². The van der Waals surface area contributed by atoms with Gasteiger partial charge in [-0.2, -0.15) is 0 Å². The van der Waals surface area contributed by atoms with Crippen LogP contribution in [0, 0.1) is 5.92 Å². The molecule has 0 aliphatic carbocycles. The van der Waals surface area contributed by atoms with Crippen molar-refractivity contribution in [2.75, 3.05) is 39.6 Å². The zero-order valence-electron chi connectivity index (χ0n) is 24.9. The van der Waals surface area contributed by atoms with Crippen LogP contribution in [0.25, 0.3) is 0 Å². The fourth-order valence-corrected chi connectivity index (χ4v) is 5.19. The van der Waals surface area contributed by atoms with Crippen LogP contribution in [0.4, 0.5) is 0 Å². The molecule has 0 bridgehead atoms. The largest absolute Gasteiger partial charge is 0.379 e. The summed E-state index contributed by atoms with van der Waals surface area (Å²) in [6.45, 7) is 16.6. The first kappa shape index (κ1) is 32.2. The number of ether oxygens (including phenoxy) is 8. The van der Waals surface area contributed by atoms with Gasteiger partial charge in [-0.05, 0) is 32.6 Å². The van der Waals surface area contributed by atoms with Gasteiger partial charge in [0.1, 0.15) is 36.6 Å². The van der Waals surface area contributed by atoms with Crippen molar-refractivity contribution in [1.82, 2.24) is 0 Å². The minimum absolute atomic E-state index is 0.0135. The summed E-state index contributed by atoms with van der Waals surface area (Å²) in [4.78, 5) is 0. The molecule has 0 spiro atoms. The highest BCUT2D eigenvalue weighted by Gasteiger charge is 2.56. The molecule has 0 aromatic heterocycles. The van der Waals surface area contributed by atoms with Crippen LogP contribution in [0.3, 0.4) is 0 Å². The molecule has 3 fully saturated rings. The third-order valence-corrected chi connectivity index (χ3v) is 7.76. The Balaban J connectivity index is 1.83. The zero-order chi connectivity index (χ0) is 27.3. The average Bonchev–Trinajstić information content (AvgIpc) is 3.72. The number of fused-ring (bicyclic) bond motifs is 1. The fraction of sp³-hybridized carbons (Fsp3) is 1.00. The molecule has 38 heavy (non-hydrogen) atoms. The van der Waals surface area contributed by atoms with E-state index in [4.69, 9.17) is 37.9 Å². The predicted octanol–water partition coefficient (Wildman–Crippen LogP) is 5.29. The summed E-state index contributed by atoms with van der Waals surface area (Å²) < 4.78 is 51.2. The van der Waals surface area contributed by atoms with Gasteiger partial charge < -0.3 is 37.9 Å². The van der Waals surface area contributed by atoms with Crippen LogP contribution < -0.4 is 0 Å². The standard InChI is InChI=1S/C30H56O8/c1-7-11-15-31-20-23-26(32-16-12-8-2)27(33-17-13-9-3)29(34-18-14-10-4)30(36-23)38-24-21(5)19-35-22(6)25-28(24)37-25/h21-30H,7-20H2,1-6H3/t21?,22-,23?,24-,25+,26-,27?,28?,29+,30+/m1/s1. The van der Waals surface area contributed by atoms with Crippen molar-refractivity contribution in [2.45, 2.75) is 148 Å². The van der Waals surface area contributed by atoms with E-state index >= 15 is 0 Å². The van der Waals surface area contributed by atoms with Crippen LogP contribution in [0.15, 0.2) is 0 Å². The Bertz CT molecular complexity index is 621. The van der Waals surface area contributed by atoms with E-state index < -0.39 is 12.4 Å². The molecular weight excluding hydrogens is 488 g/mol. The van der Waals surface area contributed by atoms with Gasteiger partial charge in [0.05, 0.1) is 25.4 Å². The summed E-state index contributed by atoms with van der Waals surface area (Å²) in [5.41, 5.74) is 0. The first-order valence-corrected chi connectivity index (χ1v) is 15.6. The van der Waals surface area contributed by atoms with E-state index in [-0.39, 0.29) is 48.6 Å². The SMILES string of the molecule is CCCCOCC1O[C@@H](O[C@@H]2C(C)CO[C@H](C)[C@@H]3OC23)[C@@H](OCCCC)C(OCCCC)[C@@H]1OCCCC. The highest BCUT2D eigenvalue weighted by atomic mass is 16.7. The molecule has 10 atom stereocenters. The number of rotatable bonds is 19. The Morgan fingerprint density at radius 3 is 1.84 bits per heavy atom. The zero-order valence-corrected chi connectivity index (χ0v) is 24.9. The molecule has 0 amide bonds. The van der Waals surface area contributed by atoms with Gasteiger partial charge in [0.25, 0.3) is 0 Å². The second kappa shape index (κ2) is 17.5. The first-order chi connectivity index (χ1) is 18.5. The summed E-state index contributed by atoms with van der Waals surface area (Å²) in [6.07, 6.45) is 6.35. The normalized spacial score (nSPS) is 37.1. The van der Waals surface area contributed by atoms with Crippen molar-refractivity contribution >= 4 is 0 Å². The maximum absolute atomic E-state index is 6.80. The van der Waals surface area contributed by atoms with E-state index in [9.17, 15) is 0 Å². The first-order valence-electron chi connectivity index (χ1n) is 15.6. The molecule has 3 saturated heterocycles. The van der Waals surface area contributed by atoms with Gasteiger partial charge in [0.15, 0.2) is 6.29 Å². The molecule has 0 saturated carbocycles. The monoisotopic (exact) mass is 544 g/mol. The Labute approximate surface area is 231 Å². The van der Waals surface area contributed by atoms with Gasteiger partial charge in [0.2, 0.25) is 0 Å². The molecule has 0 aromatic carbocycles. The van der Waals surface area contributed by atoms with Crippen LogP contribution >= 0.6 is 0 Å². The third-order valence-electron chi connectivity index (χ3n) is 7.76. The number of hydrogen-bond donors (Lipinski definition) is 0. The molecule has 3 aliphatic heterocycles. The molecule has 224 valence electrons. The molecule has 3 rings (SSSR count). The number of hydrogen-bond acceptors (Lipinski definition) is 8. The predicted molar refractivity (Wildman–Crippen MR) is 146 cm³/mol. The van der Waals surface area contributed by atoms with Crippen molar-refractivity contribution in [3.05, 3.63) is 0 Å². The summed E-state index contributed by atoms with van der Waals surface area (Å²) in [7, 11) is 0. The summed E-state index contributed by atoms with van der Waals surface area (Å²) in [5.74, 6) is 0.173. The van der Waals surface area contributed by atoms with Crippen LogP contribution in [0.2, 0.25) is 0 Å². The fourth-order valence-electron chi connectivity index (χ4n) is 5.19. The van der Waals surface area contributed by atoms with Crippen LogP contribution in [0.1, 0.15) is 92.9 Å².